The lowest BCUT2D eigenvalue weighted by molar-refractivity contribution is -0.112. The number of nitrogens with zero attached hydrogens (tertiary/aromatic N) is 1. The number of benzene rings is 2. The van der Waals surface area contributed by atoms with Crippen molar-refractivity contribution in [2.45, 2.75) is 6.92 Å². The van der Waals surface area contributed by atoms with E-state index in [1.807, 2.05) is 19.1 Å². The summed E-state index contributed by atoms with van der Waals surface area (Å²) in [7, 11) is 0. The zero-order chi connectivity index (χ0) is 16.1. The summed E-state index contributed by atoms with van der Waals surface area (Å²) in [6, 6.07) is 13.3. The summed E-state index contributed by atoms with van der Waals surface area (Å²) in [5.41, 5.74) is 1.64. The molecule has 2 aromatic rings. The first-order chi connectivity index (χ1) is 10.5. The van der Waals surface area contributed by atoms with Gasteiger partial charge in [0.05, 0.1) is 0 Å². The van der Waals surface area contributed by atoms with E-state index < -0.39 is 11.7 Å². The van der Waals surface area contributed by atoms with Gasteiger partial charge in [0.15, 0.2) is 0 Å². The molecular weight excluding hydrogens is 347 g/mol. The van der Waals surface area contributed by atoms with Crippen molar-refractivity contribution < 1.29 is 9.18 Å². The van der Waals surface area contributed by atoms with E-state index in [1.165, 1.54) is 18.2 Å². The molecule has 2 aromatic carbocycles. The zero-order valence-electron chi connectivity index (χ0n) is 11.7. The molecule has 0 spiro atoms. The fourth-order valence-electron chi connectivity index (χ4n) is 1.76. The van der Waals surface area contributed by atoms with Gasteiger partial charge in [0.2, 0.25) is 0 Å². The van der Waals surface area contributed by atoms with Gasteiger partial charge in [-0.05, 0) is 43.3 Å². The third-order valence-corrected chi connectivity index (χ3v) is 3.43. The summed E-state index contributed by atoms with van der Waals surface area (Å²) >= 11 is 3.23. The van der Waals surface area contributed by atoms with Gasteiger partial charge in [-0.2, -0.15) is 5.26 Å². The number of amides is 1. The molecule has 0 bridgehead atoms. The first-order valence-corrected chi connectivity index (χ1v) is 7.24. The smallest absolute Gasteiger partial charge is 0.266 e. The maximum Gasteiger partial charge on any atom is 0.266 e. The Kier molecular flexibility index (Phi) is 5.08. The monoisotopic (exact) mass is 358 g/mol. The SMILES string of the molecule is Cc1ccc(NC(=O)C(C#N)=Cc2cc(Br)ccc2F)cc1. The van der Waals surface area contributed by atoms with Crippen LogP contribution in [0.15, 0.2) is 52.5 Å². The normalized spacial score (nSPS) is 10.9. The highest BCUT2D eigenvalue weighted by Crippen LogP contribution is 2.19. The van der Waals surface area contributed by atoms with Crippen molar-refractivity contribution in [1.82, 2.24) is 0 Å². The molecule has 0 fully saturated rings. The van der Waals surface area contributed by atoms with Gasteiger partial charge in [-0.25, -0.2) is 4.39 Å². The van der Waals surface area contributed by atoms with E-state index in [0.717, 1.165) is 5.56 Å². The van der Waals surface area contributed by atoms with Crippen molar-refractivity contribution in [3.8, 4) is 6.07 Å². The number of hydrogen-bond acceptors (Lipinski definition) is 2. The van der Waals surface area contributed by atoms with Gasteiger partial charge in [0, 0.05) is 15.7 Å². The first-order valence-electron chi connectivity index (χ1n) is 6.44. The largest absolute Gasteiger partial charge is 0.321 e. The molecule has 0 aromatic heterocycles. The molecule has 0 saturated heterocycles. The van der Waals surface area contributed by atoms with Gasteiger partial charge in [0.25, 0.3) is 5.91 Å². The Morgan fingerprint density at radius 3 is 2.59 bits per heavy atom. The highest BCUT2D eigenvalue weighted by atomic mass is 79.9. The molecule has 0 radical (unpaired) electrons. The number of nitriles is 1. The van der Waals surface area contributed by atoms with E-state index in [9.17, 15) is 9.18 Å². The second-order valence-electron chi connectivity index (χ2n) is 4.66. The van der Waals surface area contributed by atoms with Crippen LogP contribution >= 0.6 is 15.9 Å². The van der Waals surface area contributed by atoms with E-state index in [0.29, 0.717) is 10.2 Å². The lowest BCUT2D eigenvalue weighted by Crippen LogP contribution is -2.13. The van der Waals surface area contributed by atoms with Crippen LogP contribution in [-0.2, 0) is 4.79 Å². The molecule has 1 amide bonds. The van der Waals surface area contributed by atoms with Crippen molar-refractivity contribution in [3.05, 3.63) is 69.5 Å². The maximum absolute atomic E-state index is 13.7. The van der Waals surface area contributed by atoms with E-state index >= 15 is 0 Å². The number of carbonyl (C=O) groups excluding carboxylic acids is 1. The summed E-state index contributed by atoms with van der Waals surface area (Å²) in [4.78, 5) is 12.1. The summed E-state index contributed by atoms with van der Waals surface area (Å²) in [6.45, 7) is 1.93. The second kappa shape index (κ2) is 7.01. The molecule has 110 valence electrons. The third kappa shape index (κ3) is 4.03. The number of carbonyl (C=O) groups is 1. The summed E-state index contributed by atoms with van der Waals surface area (Å²) in [5, 5.41) is 11.7. The van der Waals surface area contributed by atoms with E-state index in [4.69, 9.17) is 5.26 Å². The molecular formula is C17H12BrFN2O. The minimum absolute atomic E-state index is 0.169. The minimum atomic E-state index is -0.578. The van der Waals surface area contributed by atoms with Crippen LogP contribution in [0.2, 0.25) is 0 Å². The lowest BCUT2D eigenvalue weighted by atomic mass is 10.1. The molecule has 0 unspecified atom stereocenters. The van der Waals surface area contributed by atoms with Crippen molar-refractivity contribution in [2.24, 2.45) is 0 Å². The van der Waals surface area contributed by atoms with E-state index in [-0.39, 0.29) is 11.1 Å². The standard InChI is InChI=1S/C17H12BrFN2O/c1-11-2-5-15(6-3-11)21-17(22)13(10-20)8-12-9-14(18)4-7-16(12)19/h2-9H,1H3,(H,21,22). The highest BCUT2D eigenvalue weighted by Gasteiger charge is 2.11. The Balaban J connectivity index is 2.25. The topological polar surface area (TPSA) is 52.9 Å². The van der Waals surface area contributed by atoms with Crippen LogP contribution in [0.3, 0.4) is 0 Å². The number of nitrogens with one attached hydrogen (secondary N) is 1. The average molecular weight is 359 g/mol. The van der Waals surface area contributed by atoms with Gasteiger partial charge in [-0.15, -0.1) is 0 Å². The predicted molar refractivity (Wildman–Crippen MR) is 87.5 cm³/mol. The van der Waals surface area contributed by atoms with E-state index in [2.05, 4.69) is 21.2 Å². The van der Waals surface area contributed by atoms with Crippen molar-refractivity contribution >= 4 is 33.6 Å². The molecule has 0 saturated carbocycles. The predicted octanol–water partition coefficient (Wildman–Crippen LogP) is 4.44. The lowest BCUT2D eigenvalue weighted by Gasteiger charge is -2.05. The van der Waals surface area contributed by atoms with Gasteiger partial charge in [0.1, 0.15) is 17.5 Å². The van der Waals surface area contributed by atoms with Crippen LogP contribution in [0.1, 0.15) is 11.1 Å². The molecule has 5 heteroatoms. The van der Waals surface area contributed by atoms with Crippen LogP contribution in [0.4, 0.5) is 10.1 Å². The van der Waals surface area contributed by atoms with Crippen LogP contribution in [0.5, 0.6) is 0 Å². The third-order valence-electron chi connectivity index (χ3n) is 2.93. The molecule has 3 nitrogen and oxygen atoms in total. The van der Waals surface area contributed by atoms with Crippen molar-refractivity contribution in [1.29, 1.82) is 5.26 Å². The Labute approximate surface area is 136 Å². The van der Waals surface area contributed by atoms with E-state index in [1.54, 1.807) is 24.3 Å². The Morgan fingerprint density at radius 1 is 1.27 bits per heavy atom. The first kappa shape index (κ1) is 15.9. The maximum atomic E-state index is 13.7. The van der Waals surface area contributed by atoms with Gasteiger partial charge >= 0.3 is 0 Å². The molecule has 0 atom stereocenters. The highest BCUT2D eigenvalue weighted by molar-refractivity contribution is 9.10. The van der Waals surface area contributed by atoms with Crippen molar-refractivity contribution in [3.63, 3.8) is 0 Å². The molecule has 22 heavy (non-hydrogen) atoms. The minimum Gasteiger partial charge on any atom is -0.321 e. The number of hydrogen-bond donors (Lipinski definition) is 1. The molecule has 0 aliphatic rings. The quantitative estimate of drug-likeness (QED) is 0.651. The molecule has 0 aliphatic carbocycles. The van der Waals surface area contributed by atoms with Crippen LogP contribution in [0.25, 0.3) is 6.08 Å². The molecule has 2 rings (SSSR count). The van der Waals surface area contributed by atoms with Crippen molar-refractivity contribution in [2.75, 3.05) is 5.32 Å². The number of aryl methyl sites for hydroxylation is 1. The zero-order valence-corrected chi connectivity index (χ0v) is 13.3. The number of halogens is 2. The Hall–Kier alpha value is -2.45. The summed E-state index contributed by atoms with van der Waals surface area (Å²) in [5.74, 6) is -1.08. The summed E-state index contributed by atoms with van der Waals surface area (Å²) in [6.07, 6.45) is 1.23. The average Bonchev–Trinajstić information content (AvgIpc) is 2.50. The number of anilines is 1. The Bertz CT molecular complexity index is 776. The molecule has 1 N–H and O–H groups in total. The van der Waals surface area contributed by atoms with Gasteiger partial charge in [-0.1, -0.05) is 33.6 Å². The Morgan fingerprint density at radius 2 is 1.95 bits per heavy atom. The summed E-state index contributed by atoms with van der Waals surface area (Å²) < 4.78 is 14.4. The fraction of sp³-hybridized carbons (Fsp3) is 0.0588. The second-order valence-corrected chi connectivity index (χ2v) is 5.57. The van der Waals surface area contributed by atoms with Crippen LogP contribution < -0.4 is 5.32 Å². The van der Waals surface area contributed by atoms with Gasteiger partial charge in [-0.3, -0.25) is 4.79 Å². The van der Waals surface area contributed by atoms with Gasteiger partial charge < -0.3 is 5.32 Å². The molecule has 0 aliphatic heterocycles. The number of rotatable bonds is 3. The van der Waals surface area contributed by atoms with Crippen LogP contribution in [-0.4, -0.2) is 5.91 Å². The molecule has 0 heterocycles. The fourth-order valence-corrected chi connectivity index (χ4v) is 2.14. The van der Waals surface area contributed by atoms with Crippen LogP contribution in [0, 0.1) is 24.1 Å².